The van der Waals surface area contributed by atoms with Crippen LogP contribution in [-0.2, 0) is 9.59 Å². The number of thioether (sulfide) groups is 1. The lowest BCUT2D eigenvalue weighted by atomic mass is 10.0. The molecule has 2 rings (SSSR count). The zero-order valence-electron chi connectivity index (χ0n) is 13.1. The molecular weight excluding hydrogens is 286 g/mol. The van der Waals surface area contributed by atoms with Gasteiger partial charge in [-0.25, -0.2) is 0 Å². The van der Waals surface area contributed by atoms with E-state index in [1.165, 1.54) is 0 Å². The minimum absolute atomic E-state index is 0.144. The summed E-state index contributed by atoms with van der Waals surface area (Å²) in [4.78, 5) is 28.7. The SMILES string of the molecule is CCCCC(=O)N1CSCC1C(=O)N1CCC(NC)CC1. The molecule has 21 heavy (non-hydrogen) atoms. The minimum atomic E-state index is -0.231. The standard InChI is InChI=1S/C15H27N3O2S/c1-3-4-5-14(19)18-11-21-10-13(18)15(20)17-8-6-12(16-2)7-9-17/h12-13,16H,3-11H2,1-2H3. The van der Waals surface area contributed by atoms with Gasteiger partial charge in [-0.05, 0) is 26.3 Å². The van der Waals surface area contributed by atoms with Crippen molar-refractivity contribution < 1.29 is 9.59 Å². The highest BCUT2D eigenvalue weighted by atomic mass is 32.2. The van der Waals surface area contributed by atoms with Crippen LogP contribution in [0.25, 0.3) is 0 Å². The minimum Gasteiger partial charge on any atom is -0.341 e. The van der Waals surface area contributed by atoms with Crippen molar-refractivity contribution in [2.24, 2.45) is 0 Å². The first-order valence-corrected chi connectivity index (χ1v) is 9.16. The molecule has 0 aromatic rings. The van der Waals surface area contributed by atoms with E-state index < -0.39 is 0 Å². The third-order valence-electron chi connectivity index (χ3n) is 4.45. The summed E-state index contributed by atoms with van der Waals surface area (Å²) in [6.45, 7) is 3.70. The van der Waals surface area contributed by atoms with E-state index in [4.69, 9.17) is 0 Å². The third kappa shape index (κ3) is 4.13. The van der Waals surface area contributed by atoms with Crippen molar-refractivity contribution in [3.8, 4) is 0 Å². The molecule has 2 aliphatic heterocycles. The van der Waals surface area contributed by atoms with Crippen LogP contribution in [0.15, 0.2) is 0 Å². The van der Waals surface area contributed by atoms with Crippen molar-refractivity contribution in [3.05, 3.63) is 0 Å². The zero-order chi connectivity index (χ0) is 15.2. The van der Waals surface area contributed by atoms with E-state index in [2.05, 4.69) is 12.2 Å². The highest BCUT2D eigenvalue weighted by molar-refractivity contribution is 7.99. The first-order valence-electron chi connectivity index (χ1n) is 8.00. The second-order valence-electron chi connectivity index (χ2n) is 5.87. The number of likely N-dealkylation sites (tertiary alicyclic amines) is 1. The fourth-order valence-corrected chi connectivity index (χ4v) is 4.14. The maximum absolute atomic E-state index is 12.7. The first kappa shape index (κ1) is 16.6. The molecule has 2 aliphatic rings. The summed E-state index contributed by atoms with van der Waals surface area (Å²) in [6.07, 6.45) is 4.51. The van der Waals surface area contributed by atoms with Crippen LogP contribution >= 0.6 is 11.8 Å². The van der Waals surface area contributed by atoms with Crippen molar-refractivity contribution >= 4 is 23.6 Å². The van der Waals surface area contributed by atoms with Gasteiger partial charge >= 0.3 is 0 Å². The predicted molar refractivity (Wildman–Crippen MR) is 86.1 cm³/mol. The first-order chi connectivity index (χ1) is 10.2. The maximum Gasteiger partial charge on any atom is 0.246 e. The second-order valence-corrected chi connectivity index (χ2v) is 6.87. The molecule has 0 aromatic heterocycles. The van der Waals surface area contributed by atoms with Gasteiger partial charge in [0.1, 0.15) is 6.04 Å². The van der Waals surface area contributed by atoms with E-state index in [0.717, 1.165) is 44.5 Å². The Morgan fingerprint density at radius 1 is 1.29 bits per heavy atom. The molecule has 2 amide bonds. The molecule has 6 heteroatoms. The van der Waals surface area contributed by atoms with Gasteiger partial charge in [0.15, 0.2) is 0 Å². The number of nitrogens with one attached hydrogen (secondary N) is 1. The number of unbranched alkanes of at least 4 members (excludes halogenated alkanes) is 1. The van der Waals surface area contributed by atoms with E-state index >= 15 is 0 Å². The van der Waals surface area contributed by atoms with Crippen LogP contribution in [0, 0.1) is 0 Å². The summed E-state index contributed by atoms with van der Waals surface area (Å²) in [5, 5.41) is 3.28. The van der Waals surface area contributed by atoms with E-state index in [1.807, 2.05) is 11.9 Å². The van der Waals surface area contributed by atoms with Crippen molar-refractivity contribution in [2.45, 2.75) is 51.1 Å². The van der Waals surface area contributed by atoms with Gasteiger partial charge in [-0.3, -0.25) is 9.59 Å². The number of hydrogen-bond acceptors (Lipinski definition) is 4. The quantitative estimate of drug-likeness (QED) is 0.831. The normalized spacial score (nSPS) is 23.6. The lowest BCUT2D eigenvalue weighted by molar-refractivity contribution is -0.144. The Hall–Kier alpha value is -0.750. The summed E-state index contributed by atoms with van der Waals surface area (Å²) in [6, 6.07) is 0.291. The number of nitrogens with zero attached hydrogens (tertiary/aromatic N) is 2. The molecule has 0 saturated carbocycles. The van der Waals surface area contributed by atoms with Gasteiger partial charge in [-0.2, -0.15) is 0 Å². The van der Waals surface area contributed by atoms with Crippen LogP contribution in [0.3, 0.4) is 0 Å². The molecule has 5 nitrogen and oxygen atoms in total. The molecule has 2 heterocycles. The number of piperidine rings is 1. The Labute approximate surface area is 131 Å². The highest BCUT2D eigenvalue weighted by Crippen LogP contribution is 2.25. The predicted octanol–water partition coefficient (Wildman–Crippen LogP) is 1.29. The number of rotatable bonds is 5. The highest BCUT2D eigenvalue weighted by Gasteiger charge is 2.37. The Bertz CT molecular complexity index is 370. The van der Waals surface area contributed by atoms with Gasteiger partial charge in [0.2, 0.25) is 11.8 Å². The summed E-state index contributed by atoms with van der Waals surface area (Å²) in [5.74, 6) is 1.72. The molecule has 120 valence electrons. The molecule has 2 fully saturated rings. The Kier molecular flexibility index (Phi) is 6.36. The Balaban J connectivity index is 1.90. The largest absolute Gasteiger partial charge is 0.341 e. The summed E-state index contributed by atoms with van der Waals surface area (Å²) in [7, 11) is 1.98. The lowest BCUT2D eigenvalue weighted by Gasteiger charge is -2.35. The molecule has 0 spiro atoms. The van der Waals surface area contributed by atoms with Crippen LogP contribution in [0.2, 0.25) is 0 Å². The van der Waals surface area contributed by atoms with Gasteiger partial charge in [0.05, 0.1) is 5.88 Å². The molecule has 0 aromatic carbocycles. The van der Waals surface area contributed by atoms with Crippen molar-refractivity contribution in [1.82, 2.24) is 15.1 Å². The van der Waals surface area contributed by atoms with Crippen LogP contribution < -0.4 is 5.32 Å². The average molecular weight is 313 g/mol. The van der Waals surface area contributed by atoms with Crippen molar-refractivity contribution in [3.63, 3.8) is 0 Å². The van der Waals surface area contributed by atoms with Crippen LogP contribution in [-0.4, -0.2) is 65.5 Å². The van der Waals surface area contributed by atoms with E-state index in [9.17, 15) is 9.59 Å². The van der Waals surface area contributed by atoms with Crippen LogP contribution in [0.4, 0.5) is 0 Å². The third-order valence-corrected chi connectivity index (χ3v) is 5.46. The molecule has 0 aliphatic carbocycles. The van der Waals surface area contributed by atoms with Crippen molar-refractivity contribution in [2.75, 3.05) is 31.8 Å². The lowest BCUT2D eigenvalue weighted by Crippen LogP contribution is -2.52. The Morgan fingerprint density at radius 3 is 2.62 bits per heavy atom. The molecule has 1 unspecified atom stereocenters. The average Bonchev–Trinajstić information content (AvgIpc) is 3.01. The van der Waals surface area contributed by atoms with Gasteiger partial charge in [-0.15, -0.1) is 11.8 Å². The zero-order valence-corrected chi connectivity index (χ0v) is 14.0. The monoisotopic (exact) mass is 313 g/mol. The smallest absolute Gasteiger partial charge is 0.246 e. The molecule has 1 atom stereocenters. The molecule has 2 saturated heterocycles. The summed E-state index contributed by atoms with van der Waals surface area (Å²) in [5.41, 5.74) is 0. The topological polar surface area (TPSA) is 52.7 Å². The number of carbonyl (C=O) groups excluding carboxylic acids is 2. The van der Waals surface area contributed by atoms with E-state index in [0.29, 0.717) is 18.3 Å². The van der Waals surface area contributed by atoms with Gasteiger partial charge < -0.3 is 15.1 Å². The number of amides is 2. The van der Waals surface area contributed by atoms with Gasteiger partial charge in [0.25, 0.3) is 0 Å². The maximum atomic E-state index is 12.7. The molecule has 1 N–H and O–H groups in total. The van der Waals surface area contributed by atoms with E-state index in [1.54, 1.807) is 16.7 Å². The van der Waals surface area contributed by atoms with Crippen LogP contribution in [0.5, 0.6) is 0 Å². The fourth-order valence-electron chi connectivity index (χ4n) is 2.96. The second kappa shape index (κ2) is 8.03. The van der Waals surface area contributed by atoms with Gasteiger partial charge in [0, 0.05) is 31.3 Å². The van der Waals surface area contributed by atoms with E-state index in [-0.39, 0.29) is 17.9 Å². The summed E-state index contributed by atoms with van der Waals surface area (Å²) < 4.78 is 0. The van der Waals surface area contributed by atoms with Gasteiger partial charge in [-0.1, -0.05) is 13.3 Å². The number of carbonyl (C=O) groups is 2. The van der Waals surface area contributed by atoms with Crippen molar-refractivity contribution in [1.29, 1.82) is 0 Å². The Morgan fingerprint density at radius 2 is 2.00 bits per heavy atom. The van der Waals surface area contributed by atoms with Crippen LogP contribution in [0.1, 0.15) is 39.0 Å². The number of hydrogen-bond donors (Lipinski definition) is 1. The molecule has 0 radical (unpaired) electrons. The molecule has 0 bridgehead atoms. The fraction of sp³-hybridized carbons (Fsp3) is 0.867. The summed E-state index contributed by atoms with van der Waals surface area (Å²) >= 11 is 1.69. The molecular formula is C15H27N3O2S.